The monoisotopic (exact) mass is 412 g/mol. The highest BCUT2D eigenvalue weighted by Gasteiger charge is 2.39. The summed E-state index contributed by atoms with van der Waals surface area (Å²) in [4.78, 5) is 37.8. The average Bonchev–Trinajstić information content (AvgIpc) is 3.06. The first-order valence-corrected chi connectivity index (χ1v) is 9.48. The van der Waals surface area contributed by atoms with Crippen molar-refractivity contribution in [3.63, 3.8) is 0 Å². The number of carbonyl (C=O) groups is 3. The standard InChI is InChI=1S/C22H24N2O6/c1-28-18-9-4-14(12-19(18)29-2)10-11-23-17-13-20(25)24(21(17)26)16-7-5-15(6-8-16)22(27)30-3/h4-9,12,17,23H,10-11,13H2,1-3H3/t17-/m1/s1. The first-order valence-electron chi connectivity index (χ1n) is 9.48. The number of anilines is 1. The fourth-order valence-electron chi connectivity index (χ4n) is 3.35. The lowest BCUT2D eigenvalue weighted by Crippen LogP contribution is -2.39. The predicted octanol–water partition coefficient (Wildman–Crippen LogP) is 1.95. The number of imide groups is 1. The van der Waals surface area contributed by atoms with E-state index >= 15 is 0 Å². The Morgan fingerprint density at radius 2 is 1.73 bits per heavy atom. The number of hydrogen-bond donors (Lipinski definition) is 1. The Morgan fingerprint density at radius 3 is 2.37 bits per heavy atom. The van der Waals surface area contributed by atoms with Crippen LogP contribution in [-0.2, 0) is 20.7 Å². The van der Waals surface area contributed by atoms with Crippen LogP contribution in [0.3, 0.4) is 0 Å². The number of rotatable bonds is 8. The Hall–Kier alpha value is -3.39. The van der Waals surface area contributed by atoms with E-state index in [-0.39, 0.29) is 18.2 Å². The number of hydrogen-bond acceptors (Lipinski definition) is 7. The smallest absolute Gasteiger partial charge is 0.337 e. The molecule has 1 saturated heterocycles. The number of methoxy groups -OCH3 is 3. The molecule has 2 aromatic carbocycles. The summed E-state index contributed by atoms with van der Waals surface area (Å²) < 4.78 is 15.2. The van der Waals surface area contributed by atoms with Crippen LogP contribution in [0.4, 0.5) is 5.69 Å². The number of nitrogens with zero attached hydrogens (tertiary/aromatic N) is 1. The number of nitrogens with one attached hydrogen (secondary N) is 1. The summed E-state index contributed by atoms with van der Waals surface area (Å²) in [5.74, 6) is 0.228. The third-order valence-electron chi connectivity index (χ3n) is 4.95. The van der Waals surface area contributed by atoms with Crippen molar-refractivity contribution < 1.29 is 28.6 Å². The molecule has 0 aromatic heterocycles. The summed E-state index contributed by atoms with van der Waals surface area (Å²) in [6, 6.07) is 11.2. The lowest BCUT2D eigenvalue weighted by molar-refractivity contribution is -0.121. The summed E-state index contributed by atoms with van der Waals surface area (Å²) >= 11 is 0. The quantitative estimate of drug-likeness (QED) is 0.523. The van der Waals surface area contributed by atoms with Crippen molar-refractivity contribution >= 4 is 23.5 Å². The zero-order chi connectivity index (χ0) is 21.7. The Labute approximate surface area is 174 Å². The van der Waals surface area contributed by atoms with Gasteiger partial charge in [0, 0.05) is 0 Å². The van der Waals surface area contributed by atoms with Gasteiger partial charge < -0.3 is 19.5 Å². The molecule has 0 bridgehead atoms. The highest BCUT2D eigenvalue weighted by Crippen LogP contribution is 2.28. The molecule has 1 fully saturated rings. The fraction of sp³-hybridized carbons (Fsp3) is 0.318. The van der Waals surface area contributed by atoms with Crippen molar-refractivity contribution in [1.29, 1.82) is 0 Å². The van der Waals surface area contributed by atoms with Gasteiger partial charge in [0.15, 0.2) is 11.5 Å². The van der Waals surface area contributed by atoms with Gasteiger partial charge in [-0.05, 0) is 54.9 Å². The summed E-state index contributed by atoms with van der Waals surface area (Å²) in [6.07, 6.45) is 0.746. The molecule has 158 valence electrons. The van der Waals surface area contributed by atoms with E-state index in [1.54, 1.807) is 26.4 Å². The maximum atomic E-state index is 12.7. The molecule has 3 rings (SSSR count). The first kappa shape index (κ1) is 21.3. The van der Waals surface area contributed by atoms with Gasteiger partial charge in [-0.15, -0.1) is 0 Å². The molecule has 0 aliphatic carbocycles. The van der Waals surface area contributed by atoms with Gasteiger partial charge in [-0.25, -0.2) is 9.69 Å². The molecule has 8 heteroatoms. The van der Waals surface area contributed by atoms with Crippen molar-refractivity contribution in [2.24, 2.45) is 0 Å². The van der Waals surface area contributed by atoms with Gasteiger partial charge in [0.1, 0.15) is 0 Å². The summed E-state index contributed by atoms with van der Waals surface area (Å²) in [6.45, 7) is 0.522. The van der Waals surface area contributed by atoms with Gasteiger partial charge in [0.2, 0.25) is 5.91 Å². The lowest BCUT2D eigenvalue weighted by Gasteiger charge is -2.16. The Kier molecular flexibility index (Phi) is 6.68. The minimum Gasteiger partial charge on any atom is -0.493 e. The van der Waals surface area contributed by atoms with Gasteiger partial charge in [-0.3, -0.25) is 9.59 Å². The molecule has 0 radical (unpaired) electrons. The van der Waals surface area contributed by atoms with E-state index in [2.05, 4.69) is 10.1 Å². The molecule has 0 saturated carbocycles. The van der Waals surface area contributed by atoms with Crippen LogP contribution in [0.1, 0.15) is 22.3 Å². The SMILES string of the molecule is COC(=O)c1ccc(N2C(=O)C[C@@H](NCCc3ccc(OC)c(OC)c3)C2=O)cc1. The average molecular weight is 412 g/mol. The van der Waals surface area contributed by atoms with E-state index < -0.39 is 12.0 Å². The van der Waals surface area contributed by atoms with Crippen LogP contribution < -0.4 is 19.7 Å². The van der Waals surface area contributed by atoms with Gasteiger partial charge >= 0.3 is 5.97 Å². The predicted molar refractivity (Wildman–Crippen MR) is 110 cm³/mol. The second kappa shape index (κ2) is 9.41. The molecule has 2 amide bonds. The molecule has 1 heterocycles. The van der Waals surface area contributed by atoms with Crippen molar-refractivity contribution in [2.75, 3.05) is 32.8 Å². The Morgan fingerprint density at radius 1 is 1.03 bits per heavy atom. The van der Waals surface area contributed by atoms with Crippen molar-refractivity contribution in [2.45, 2.75) is 18.9 Å². The van der Waals surface area contributed by atoms with Crippen LogP contribution in [0, 0.1) is 0 Å². The zero-order valence-electron chi connectivity index (χ0n) is 17.1. The molecule has 1 atom stereocenters. The minimum absolute atomic E-state index is 0.0868. The number of carbonyl (C=O) groups excluding carboxylic acids is 3. The van der Waals surface area contributed by atoms with E-state index in [1.165, 1.54) is 19.2 Å². The molecule has 30 heavy (non-hydrogen) atoms. The van der Waals surface area contributed by atoms with Crippen LogP contribution >= 0.6 is 0 Å². The number of esters is 1. The van der Waals surface area contributed by atoms with Crippen LogP contribution in [0.25, 0.3) is 0 Å². The largest absolute Gasteiger partial charge is 0.493 e. The first-order chi connectivity index (χ1) is 14.5. The minimum atomic E-state index is -0.585. The molecule has 0 unspecified atom stereocenters. The van der Waals surface area contributed by atoms with E-state index in [4.69, 9.17) is 9.47 Å². The summed E-state index contributed by atoms with van der Waals surface area (Å²) in [7, 11) is 4.45. The highest BCUT2D eigenvalue weighted by molar-refractivity contribution is 6.22. The molecular weight excluding hydrogens is 388 g/mol. The third-order valence-corrected chi connectivity index (χ3v) is 4.95. The molecule has 1 aliphatic heterocycles. The van der Waals surface area contributed by atoms with Crippen LogP contribution in [-0.4, -0.2) is 51.7 Å². The number of amides is 2. The highest BCUT2D eigenvalue weighted by atomic mass is 16.5. The second-order valence-corrected chi connectivity index (χ2v) is 6.76. The fourth-order valence-corrected chi connectivity index (χ4v) is 3.35. The molecule has 1 aliphatic rings. The van der Waals surface area contributed by atoms with E-state index in [1.807, 2.05) is 18.2 Å². The van der Waals surface area contributed by atoms with Crippen molar-refractivity contribution in [1.82, 2.24) is 5.32 Å². The van der Waals surface area contributed by atoms with E-state index in [0.717, 1.165) is 10.5 Å². The summed E-state index contributed by atoms with van der Waals surface area (Å²) in [5.41, 5.74) is 1.80. The molecule has 0 spiro atoms. The molecule has 2 aromatic rings. The Balaban J connectivity index is 1.60. The van der Waals surface area contributed by atoms with Crippen molar-refractivity contribution in [3.8, 4) is 11.5 Å². The topological polar surface area (TPSA) is 94.2 Å². The maximum absolute atomic E-state index is 12.7. The number of ether oxygens (including phenoxy) is 3. The van der Waals surface area contributed by atoms with Gasteiger partial charge in [0.05, 0.1) is 45.0 Å². The lowest BCUT2D eigenvalue weighted by atomic mass is 10.1. The normalized spacial score (nSPS) is 16.0. The van der Waals surface area contributed by atoms with Gasteiger partial charge in [-0.1, -0.05) is 6.07 Å². The second-order valence-electron chi connectivity index (χ2n) is 6.76. The maximum Gasteiger partial charge on any atom is 0.337 e. The zero-order valence-corrected chi connectivity index (χ0v) is 17.1. The van der Waals surface area contributed by atoms with Gasteiger partial charge in [-0.2, -0.15) is 0 Å². The number of benzene rings is 2. The van der Waals surface area contributed by atoms with Crippen molar-refractivity contribution in [3.05, 3.63) is 53.6 Å². The summed E-state index contributed by atoms with van der Waals surface area (Å²) in [5, 5.41) is 3.16. The molecule has 8 nitrogen and oxygen atoms in total. The van der Waals surface area contributed by atoms with E-state index in [0.29, 0.717) is 35.7 Å². The Bertz CT molecular complexity index is 941. The van der Waals surface area contributed by atoms with Crippen LogP contribution in [0.2, 0.25) is 0 Å². The third kappa shape index (κ3) is 4.44. The van der Waals surface area contributed by atoms with Crippen LogP contribution in [0.5, 0.6) is 11.5 Å². The van der Waals surface area contributed by atoms with Crippen LogP contribution in [0.15, 0.2) is 42.5 Å². The molecule has 1 N–H and O–H groups in total. The van der Waals surface area contributed by atoms with Gasteiger partial charge in [0.25, 0.3) is 5.91 Å². The molecular formula is C22H24N2O6. The van der Waals surface area contributed by atoms with E-state index in [9.17, 15) is 14.4 Å².